The van der Waals surface area contributed by atoms with Crippen molar-refractivity contribution in [3.8, 4) is 0 Å². The molecule has 1 spiro atoms. The highest BCUT2D eigenvalue weighted by Gasteiger charge is 2.53. The second kappa shape index (κ2) is 8.40. The molecule has 4 heterocycles. The summed E-state index contributed by atoms with van der Waals surface area (Å²) in [7, 11) is 1.72. The Morgan fingerprint density at radius 1 is 1.17 bits per heavy atom. The van der Waals surface area contributed by atoms with Crippen LogP contribution in [0.15, 0.2) is 54.9 Å². The highest BCUT2D eigenvalue weighted by atomic mass is 19.1. The van der Waals surface area contributed by atoms with Crippen molar-refractivity contribution < 1.29 is 14.0 Å². The summed E-state index contributed by atoms with van der Waals surface area (Å²) >= 11 is 0. The van der Waals surface area contributed by atoms with Crippen LogP contribution >= 0.6 is 0 Å². The predicted molar refractivity (Wildman–Crippen MR) is 132 cm³/mol. The van der Waals surface area contributed by atoms with Gasteiger partial charge in [0.05, 0.1) is 0 Å². The van der Waals surface area contributed by atoms with Gasteiger partial charge in [0.15, 0.2) is 17.0 Å². The van der Waals surface area contributed by atoms with Crippen LogP contribution in [0, 0.1) is 5.82 Å². The third-order valence-electron chi connectivity index (χ3n) is 7.07. The smallest absolute Gasteiger partial charge is 0.287 e. The summed E-state index contributed by atoms with van der Waals surface area (Å²) in [4.78, 5) is 42.1. The number of carbonyl (C=O) groups is 2. The molecule has 9 nitrogen and oxygen atoms in total. The zero-order valence-electron chi connectivity index (χ0n) is 19.7. The Hall–Kier alpha value is -4.34. The number of benzene rings is 2. The molecule has 36 heavy (non-hydrogen) atoms. The van der Waals surface area contributed by atoms with Gasteiger partial charge in [0.25, 0.3) is 11.8 Å². The Labute approximate surface area is 206 Å². The van der Waals surface area contributed by atoms with Crippen LogP contribution in [0.5, 0.6) is 0 Å². The third kappa shape index (κ3) is 3.32. The summed E-state index contributed by atoms with van der Waals surface area (Å²) in [5.74, 6) is -0.184. The van der Waals surface area contributed by atoms with Crippen LogP contribution in [-0.4, -0.2) is 37.9 Å². The molecular formula is C26H24FN7O2. The maximum absolute atomic E-state index is 13.5. The number of aryl methyl sites for hydroxylation is 1. The lowest BCUT2D eigenvalue weighted by atomic mass is 9.81. The van der Waals surface area contributed by atoms with Gasteiger partial charge in [0, 0.05) is 31.4 Å². The molecule has 0 aliphatic carbocycles. The van der Waals surface area contributed by atoms with Gasteiger partial charge in [-0.2, -0.15) is 0 Å². The summed E-state index contributed by atoms with van der Waals surface area (Å²) in [5.41, 5.74) is 2.41. The van der Waals surface area contributed by atoms with E-state index in [9.17, 15) is 14.0 Å². The fraction of sp³-hybridized carbons (Fsp3) is 0.269. The molecule has 0 bridgehead atoms. The van der Waals surface area contributed by atoms with Gasteiger partial charge in [0.1, 0.15) is 17.7 Å². The van der Waals surface area contributed by atoms with Crippen molar-refractivity contribution in [3.63, 3.8) is 0 Å². The van der Waals surface area contributed by atoms with Crippen LogP contribution in [0.1, 0.15) is 41.0 Å². The first-order chi connectivity index (χ1) is 17.5. The number of amides is 2. The van der Waals surface area contributed by atoms with Crippen LogP contribution < -0.4 is 15.5 Å². The van der Waals surface area contributed by atoms with E-state index in [4.69, 9.17) is 0 Å². The number of imidazole rings is 1. The average molecular weight is 486 g/mol. The molecule has 2 aliphatic heterocycles. The zero-order valence-corrected chi connectivity index (χ0v) is 19.7. The van der Waals surface area contributed by atoms with E-state index in [1.54, 1.807) is 23.7 Å². The minimum Gasteiger partial charge on any atom is -0.345 e. The molecule has 6 rings (SSSR count). The van der Waals surface area contributed by atoms with Crippen LogP contribution in [0.4, 0.5) is 15.9 Å². The average Bonchev–Trinajstić information content (AvgIpc) is 3.37. The molecule has 2 aromatic carbocycles. The molecule has 2 N–H and O–H groups in total. The minimum absolute atomic E-state index is 0.0841. The molecule has 1 saturated heterocycles. The van der Waals surface area contributed by atoms with Crippen molar-refractivity contribution >= 4 is 34.5 Å². The second-order valence-corrected chi connectivity index (χ2v) is 9.15. The summed E-state index contributed by atoms with van der Waals surface area (Å²) in [5, 5.41) is 5.83. The lowest BCUT2D eigenvalue weighted by Crippen LogP contribution is -2.54. The van der Waals surface area contributed by atoms with Gasteiger partial charge in [-0.15, -0.1) is 0 Å². The summed E-state index contributed by atoms with van der Waals surface area (Å²) in [6.07, 6.45) is 3.89. The lowest BCUT2D eigenvalue weighted by Gasteiger charge is -2.44. The summed E-state index contributed by atoms with van der Waals surface area (Å²) in [6, 6.07) is 13.8. The lowest BCUT2D eigenvalue weighted by molar-refractivity contribution is -0.121. The highest BCUT2D eigenvalue weighted by Crippen LogP contribution is 2.48. The number of hydrogen-bond acceptors (Lipinski definition) is 6. The molecule has 182 valence electrons. The van der Waals surface area contributed by atoms with E-state index in [2.05, 4.69) is 25.6 Å². The SMILES string of the molecule is Cn1c(C(=O)NCc2cccc(F)c2)nc2c(N3CCCCC34C(=O)Nc3ccccc34)ncnc21. The first-order valence-corrected chi connectivity index (χ1v) is 11.9. The standard InChI is InChI=1S/C26H24FN7O2/c1-33-21-20(32-23(33)24(35)28-14-16-7-6-8-17(27)13-16)22(30-15-29-21)34-12-5-4-11-26(34)18-9-2-3-10-19(18)31-25(26)36/h2-3,6-10,13,15H,4-5,11-12,14H2,1H3,(H,28,35)(H,31,36). The number of halogens is 1. The molecule has 0 radical (unpaired) electrons. The molecule has 10 heteroatoms. The number of nitrogens with one attached hydrogen (secondary N) is 2. The van der Waals surface area contributed by atoms with E-state index in [1.165, 1.54) is 18.5 Å². The maximum atomic E-state index is 13.5. The number of fused-ring (bicyclic) bond motifs is 3. The van der Waals surface area contributed by atoms with Crippen LogP contribution in [0.3, 0.4) is 0 Å². The number of anilines is 2. The van der Waals surface area contributed by atoms with E-state index >= 15 is 0 Å². The van der Waals surface area contributed by atoms with Crippen molar-refractivity contribution in [2.45, 2.75) is 31.3 Å². The number of para-hydroxylation sites is 1. The molecule has 0 saturated carbocycles. The largest absolute Gasteiger partial charge is 0.345 e. The number of carbonyl (C=O) groups excluding carboxylic acids is 2. The van der Waals surface area contributed by atoms with E-state index < -0.39 is 11.4 Å². The molecule has 2 amide bonds. The Kier molecular flexibility index (Phi) is 5.17. The number of nitrogens with zero attached hydrogens (tertiary/aromatic N) is 5. The van der Waals surface area contributed by atoms with Crippen molar-refractivity contribution in [1.29, 1.82) is 0 Å². The monoisotopic (exact) mass is 485 g/mol. The highest BCUT2D eigenvalue weighted by molar-refractivity contribution is 6.09. The van der Waals surface area contributed by atoms with Crippen molar-refractivity contribution in [3.05, 3.63) is 77.6 Å². The van der Waals surface area contributed by atoms with E-state index in [0.717, 1.165) is 24.1 Å². The molecule has 4 aromatic rings. The molecule has 1 atom stereocenters. The Balaban J connectivity index is 1.39. The predicted octanol–water partition coefficient (Wildman–Crippen LogP) is 3.27. The number of aromatic nitrogens is 4. The van der Waals surface area contributed by atoms with Gasteiger partial charge < -0.3 is 20.1 Å². The Bertz CT molecular complexity index is 1520. The van der Waals surface area contributed by atoms with Gasteiger partial charge in [0.2, 0.25) is 5.82 Å². The van der Waals surface area contributed by atoms with Gasteiger partial charge in [-0.3, -0.25) is 9.59 Å². The first-order valence-electron chi connectivity index (χ1n) is 11.9. The number of hydrogen-bond donors (Lipinski definition) is 2. The topological polar surface area (TPSA) is 105 Å². The first kappa shape index (κ1) is 22.1. The van der Waals surface area contributed by atoms with Crippen molar-refractivity contribution in [2.75, 3.05) is 16.8 Å². The number of rotatable bonds is 4. The Morgan fingerprint density at radius 3 is 2.89 bits per heavy atom. The van der Waals surface area contributed by atoms with E-state index in [-0.39, 0.29) is 24.1 Å². The fourth-order valence-corrected chi connectivity index (χ4v) is 5.38. The normalized spacial score (nSPS) is 18.9. The van der Waals surface area contributed by atoms with Gasteiger partial charge in [-0.05, 0) is 43.0 Å². The van der Waals surface area contributed by atoms with E-state index in [1.807, 2.05) is 29.2 Å². The maximum Gasteiger partial charge on any atom is 0.287 e. The quantitative estimate of drug-likeness (QED) is 0.460. The Morgan fingerprint density at radius 2 is 2.03 bits per heavy atom. The molecule has 1 fully saturated rings. The fourth-order valence-electron chi connectivity index (χ4n) is 5.38. The minimum atomic E-state index is -0.895. The molecule has 2 aliphatic rings. The number of piperidine rings is 1. The van der Waals surface area contributed by atoms with Crippen molar-refractivity contribution in [1.82, 2.24) is 24.8 Å². The summed E-state index contributed by atoms with van der Waals surface area (Å²) in [6.45, 7) is 0.774. The second-order valence-electron chi connectivity index (χ2n) is 9.15. The zero-order chi connectivity index (χ0) is 24.9. The van der Waals surface area contributed by atoms with Crippen LogP contribution in [-0.2, 0) is 23.9 Å². The van der Waals surface area contributed by atoms with Crippen molar-refractivity contribution in [2.24, 2.45) is 7.05 Å². The molecule has 2 aromatic heterocycles. The molecular weight excluding hydrogens is 461 g/mol. The van der Waals surface area contributed by atoms with Gasteiger partial charge in [-0.1, -0.05) is 30.3 Å². The third-order valence-corrected chi connectivity index (χ3v) is 7.07. The van der Waals surface area contributed by atoms with Crippen LogP contribution in [0.25, 0.3) is 11.2 Å². The van der Waals surface area contributed by atoms with Crippen LogP contribution in [0.2, 0.25) is 0 Å². The van der Waals surface area contributed by atoms with Gasteiger partial charge in [-0.25, -0.2) is 19.3 Å². The molecule has 1 unspecified atom stereocenters. The summed E-state index contributed by atoms with van der Waals surface area (Å²) < 4.78 is 15.1. The van der Waals surface area contributed by atoms with E-state index in [0.29, 0.717) is 35.5 Å². The van der Waals surface area contributed by atoms with Gasteiger partial charge >= 0.3 is 0 Å².